The molecule has 0 radical (unpaired) electrons. The van der Waals surface area contributed by atoms with E-state index in [4.69, 9.17) is 0 Å². The molecule has 0 aliphatic heterocycles. The SMILES string of the molecule is C[C@@H](S)OP. The summed E-state index contributed by atoms with van der Waals surface area (Å²) in [5.74, 6) is 0. The van der Waals surface area contributed by atoms with Crippen LogP contribution < -0.4 is 0 Å². The van der Waals surface area contributed by atoms with Gasteiger partial charge >= 0.3 is 0 Å². The van der Waals surface area contributed by atoms with Crippen LogP contribution in [0.3, 0.4) is 0 Å². The standard InChI is InChI=1S/C2H7OPS/c1-2(5)3-4/h2,5H,4H2,1H3/t2-/m1/s1. The average Bonchev–Trinajstić information content (AvgIpc) is 1.38. The van der Waals surface area contributed by atoms with Crippen molar-refractivity contribution in [2.24, 2.45) is 0 Å². The first-order chi connectivity index (χ1) is 2.27. The van der Waals surface area contributed by atoms with Crippen molar-refractivity contribution in [2.75, 3.05) is 0 Å². The van der Waals surface area contributed by atoms with Crippen molar-refractivity contribution < 1.29 is 4.52 Å². The van der Waals surface area contributed by atoms with Crippen molar-refractivity contribution in [3.05, 3.63) is 0 Å². The molecule has 0 N–H and O–H groups in total. The summed E-state index contributed by atoms with van der Waals surface area (Å²) < 4.78 is 4.53. The monoisotopic (exact) mass is 110 g/mol. The Morgan fingerprint density at radius 1 is 2.00 bits per heavy atom. The van der Waals surface area contributed by atoms with Crippen molar-refractivity contribution >= 4 is 22.1 Å². The van der Waals surface area contributed by atoms with Crippen LogP contribution in [0, 0.1) is 0 Å². The number of hydrogen-bond acceptors (Lipinski definition) is 2. The highest BCUT2D eigenvalue weighted by atomic mass is 32.1. The lowest BCUT2D eigenvalue weighted by atomic mass is 10.9. The highest BCUT2D eigenvalue weighted by Crippen LogP contribution is 1.97. The lowest BCUT2D eigenvalue weighted by molar-refractivity contribution is 0.365. The van der Waals surface area contributed by atoms with Crippen LogP contribution in [0.1, 0.15) is 6.92 Å². The zero-order valence-corrected chi connectivity index (χ0v) is 5.06. The molecule has 0 aliphatic carbocycles. The van der Waals surface area contributed by atoms with E-state index >= 15 is 0 Å². The summed E-state index contributed by atoms with van der Waals surface area (Å²) >= 11 is 3.85. The Morgan fingerprint density at radius 3 is 2.20 bits per heavy atom. The predicted octanol–water partition coefficient (Wildman–Crippen LogP) is 1.07. The fourth-order valence-corrected chi connectivity index (χ4v) is 0. The Morgan fingerprint density at radius 2 is 2.20 bits per heavy atom. The maximum absolute atomic E-state index is 4.53. The van der Waals surface area contributed by atoms with Crippen LogP contribution in [0.5, 0.6) is 0 Å². The van der Waals surface area contributed by atoms with Crippen LogP contribution >= 0.6 is 22.1 Å². The molecule has 0 rings (SSSR count). The lowest BCUT2D eigenvalue weighted by Crippen LogP contribution is -1.83. The summed E-state index contributed by atoms with van der Waals surface area (Å²) in [5, 5.41) is 0. The minimum absolute atomic E-state index is 0.0417. The van der Waals surface area contributed by atoms with Crippen LogP contribution in [0.2, 0.25) is 0 Å². The topological polar surface area (TPSA) is 9.23 Å². The molecular weight excluding hydrogens is 103 g/mol. The largest absolute Gasteiger partial charge is 0.352 e. The molecule has 1 unspecified atom stereocenters. The smallest absolute Gasteiger partial charge is 0.101 e. The van der Waals surface area contributed by atoms with E-state index in [1.807, 2.05) is 6.92 Å². The van der Waals surface area contributed by atoms with E-state index < -0.39 is 0 Å². The van der Waals surface area contributed by atoms with Crippen molar-refractivity contribution in [2.45, 2.75) is 12.4 Å². The maximum atomic E-state index is 4.53. The van der Waals surface area contributed by atoms with Crippen molar-refractivity contribution in [1.82, 2.24) is 0 Å². The molecule has 0 heterocycles. The van der Waals surface area contributed by atoms with Crippen molar-refractivity contribution in [1.29, 1.82) is 0 Å². The summed E-state index contributed by atoms with van der Waals surface area (Å²) in [4.78, 5) is 0. The Labute approximate surface area is 39.8 Å². The van der Waals surface area contributed by atoms with Gasteiger partial charge in [0.1, 0.15) is 5.44 Å². The molecule has 0 aromatic carbocycles. The van der Waals surface area contributed by atoms with Crippen LogP contribution in [0.25, 0.3) is 0 Å². The van der Waals surface area contributed by atoms with E-state index in [1.165, 1.54) is 0 Å². The summed E-state index contributed by atoms with van der Waals surface area (Å²) in [6.07, 6.45) is 0. The van der Waals surface area contributed by atoms with Gasteiger partial charge in [0.15, 0.2) is 0 Å². The van der Waals surface area contributed by atoms with Gasteiger partial charge in [0.05, 0.1) is 0 Å². The molecule has 1 nitrogen and oxygen atoms in total. The zero-order valence-electron chi connectivity index (χ0n) is 3.01. The van der Waals surface area contributed by atoms with Crippen LogP contribution in [-0.4, -0.2) is 5.44 Å². The van der Waals surface area contributed by atoms with Gasteiger partial charge in [-0.25, -0.2) is 0 Å². The molecule has 0 amide bonds. The first kappa shape index (κ1) is 5.74. The van der Waals surface area contributed by atoms with E-state index in [0.29, 0.717) is 0 Å². The van der Waals surface area contributed by atoms with Crippen LogP contribution in [0.4, 0.5) is 0 Å². The normalized spacial score (nSPS) is 15.0. The van der Waals surface area contributed by atoms with E-state index in [1.54, 1.807) is 0 Å². The van der Waals surface area contributed by atoms with Crippen molar-refractivity contribution in [3.63, 3.8) is 0 Å². The van der Waals surface area contributed by atoms with E-state index in [9.17, 15) is 0 Å². The third kappa shape index (κ3) is 4.74. The highest BCUT2D eigenvalue weighted by molar-refractivity contribution is 7.80. The molecule has 0 aromatic heterocycles. The number of hydrogen-bond donors (Lipinski definition) is 1. The Hall–Kier alpha value is 0.740. The Bertz CT molecular complexity index is 23.6. The third-order valence-corrected chi connectivity index (χ3v) is 0.956. The van der Waals surface area contributed by atoms with E-state index in [-0.39, 0.29) is 5.44 Å². The minimum Gasteiger partial charge on any atom is -0.352 e. The van der Waals surface area contributed by atoms with Crippen molar-refractivity contribution in [3.8, 4) is 0 Å². The second kappa shape index (κ2) is 2.95. The van der Waals surface area contributed by atoms with Gasteiger partial charge in [-0.1, -0.05) is 0 Å². The molecule has 5 heavy (non-hydrogen) atoms. The second-order valence-corrected chi connectivity index (χ2v) is 1.73. The predicted molar refractivity (Wildman–Crippen MR) is 29.2 cm³/mol. The van der Waals surface area contributed by atoms with E-state index in [2.05, 4.69) is 26.6 Å². The van der Waals surface area contributed by atoms with Crippen LogP contribution in [-0.2, 0) is 4.52 Å². The summed E-state index contributed by atoms with van der Waals surface area (Å²) in [5.41, 5.74) is 0.0417. The fourth-order valence-electron chi connectivity index (χ4n) is 0. The Balaban J connectivity index is 2.54. The van der Waals surface area contributed by atoms with Gasteiger partial charge in [-0.15, -0.1) is 12.6 Å². The molecule has 0 fully saturated rings. The van der Waals surface area contributed by atoms with Gasteiger partial charge in [-0.2, -0.15) is 0 Å². The van der Waals surface area contributed by atoms with E-state index in [0.717, 1.165) is 0 Å². The highest BCUT2D eigenvalue weighted by Gasteiger charge is 1.80. The molecule has 0 aromatic rings. The summed E-state index contributed by atoms with van der Waals surface area (Å²) in [7, 11) is 2.12. The molecule has 0 saturated carbocycles. The van der Waals surface area contributed by atoms with Crippen LogP contribution in [0.15, 0.2) is 0 Å². The first-order valence-corrected chi connectivity index (χ1v) is 2.29. The maximum Gasteiger partial charge on any atom is 0.101 e. The van der Waals surface area contributed by atoms with Gasteiger partial charge in [0, 0.05) is 9.47 Å². The van der Waals surface area contributed by atoms with Gasteiger partial charge in [-0.05, 0) is 6.92 Å². The molecule has 32 valence electrons. The molecule has 0 saturated heterocycles. The number of rotatable bonds is 1. The first-order valence-electron chi connectivity index (χ1n) is 1.31. The fraction of sp³-hybridized carbons (Fsp3) is 1.00. The molecular formula is C2H7OPS. The number of thiol groups is 1. The minimum atomic E-state index is 0.0417. The summed E-state index contributed by atoms with van der Waals surface area (Å²) in [6.45, 7) is 1.84. The Kier molecular flexibility index (Phi) is 3.39. The molecule has 0 spiro atoms. The molecule has 0 bridgehead atoms. The molecule has 3 heteroatoms. The molecule has 0 aliphatic rings. The average molecular weight is 110 g/mol. The zero-order chi connectivity index (χ0) is 4.28. The summed E-state index contributed by atoms with van der Waals surface area (Å²) in [6, 6.07) is 0. The van der Waals surface area contributed by atoms with Gasteiger partial charge in [-0.3, -0.25) is 0 Å². The molecule has 2 atom stereocenters. The van der Waals surface area contributed by atoms with Gasteiger partial charge < -0.3 is 4.52 Å². The van der Waals surface area contributed by atoms with Gasteiger partial charge in [0.2, 0.25) is 0 Å². The quantitative estimate of drug-likeness (QED) is 0.302. The second-order valence-electron chi connectivity index (χ2n) is 0.735. The lowest BCUT2D eigenvalue weighted by Gasteiger charge is -1.93. The van der Waals surface area contributed by atoms with Gasteiger partial charge in [0.25, 0.3) is 0 Å². The third-order valence-electron chi connectivity index (χ3n) is 0.197.